The molecule has 0 saturated carbocycles. The maximum atomic E-state index is 12.2. The number of carbonyl (C=O) groups is 1. The van der Waals surface area contributed by atoms with Crippen LogP contribution in [0.15, 0.2) is 42.5 Å². The van der Waals surface area contributed by atoms with Crippen molar-refractivity contribution in [2.75, 3.05) is 11.6 Å². The van der Waals surface area contributed by atoms with Crippen LogP contribution in [0, 0.1) is 17.0 Å². The number of rotatable bonds is 5. The second-order valence-electron chi connectivity index (χ2n) is 5.48. The van der Waals surface area contributed by atoms with E-state index in [1.807, 2.05) is 0 Å². The van der Waals surface area contributed by atoms with Crippen LogP contribution in [0.1, 0.15) is 21.5 Å². The van der Waals surface area contributed by atoms with E-state index in [-0.39, 0.29) is 11.4 Å². The van der Waals surface area contributed by atoms with Crippen LogP contribution >= 0.6 is 0 Å². The molecule has 8 heteroatoms. The van der Waals surface area contributed by atoms with Gasteiger partial charge in [-0.05, 0) is 30.2 Å². The fourth-order valence-electron chi connectivity index (χ4n) is 2.11. The van der Waals surface area contributed by atoms with Gasteiger partial charge in [-0.2, -0.15) is 0 Å². The summed E-state index contributed by atoms with van der Waals surface area (Å²) in [6.07, 6.45) is 1.14. The summed E-state index contributed by atoms with van der Waals surface area (Å²) in [5.74, 6) is -0.525. The minimum Gasteiger partial charge on any atom is -0.321 e. The van der Waals surface area contributed by atoms with E-state index in [0.29, 0.717) is 22.4 Å². The van der Waals surface area contributed by atoms with Crippen LogP contribution in [-0.2, 0) is 15.6 Å². The summed E-state index contributed by atoms with van der Waals surface area (Å²) in [4.78, 5) is 22.5. The Morgan fingerprint density at radius 3 is 2.33 bits per heavy atom. The van der Waals surface area contributed by atoms with Gasteiger partial charge in [-0.1, -0.05) is 18.2 Å². The average Bonchev–Trinajstić information content (AvgIpc) is 2.48. The number of nitrogens with one attached hydrogen (secondary N) is 1. The number of aryl methyl sites for hydroxylation is 1. The van der Waals surface area contributed by atoms with Crippen molar-refractivity contribution in [2.24, 2.45) is 0 Å². The smallest absolute Gasteiger partial charge is 0.271 e. The van der Waals surface area contributed by atoms with Crippen molar-refractivity contribution in [3.63, 3.8) is 0 Å². The van der Waals surface area contributed by atoms with Crippen molar-refractivity contribution in [3.8, 4) is 0 Å². The van der Waals surface area contributed by atoms with Gasteiger partial charge in [0.25, 0.3) is 11.6 Å². The summed E-state index contributed by atoms with van der Waals surface area (Å²) < 4.78 is 22.5. The number of amides is 1. The standard InChI is InChI=1S/C16H16N2O5S/c1-11-3-8-14(18(20)21)9-15(11)17-16(19)13-6-4-12(5-7-13)10-24(2,22)23/h3-9H,10H2,1-2H3,(H,17,19). The molecule has 1 N–H and O–H groups in total. The first-order valence-corrected chi connectivity index (χ1v) is 9.05. The highest BCUT2D eigenvalue weighted by Crippen LogP contribution is 2.22. The normalized spacial score (nSPS) is 11.1. The van der Waals surface area contributed by atoms with Gasteiger partial charge in [0.1, 0.15) is 0 Å². The quantitative estimate of drug-likeness (QED) is 0.660. The Kier molecular flexibility index (Phi) is 4.99. The van der Waals surface area contributed by atoms with Crippen molar-refractivity contribution in [3.05, 3.63) is 69.3 Å². The fourth-order valence-corrected chi connectivity index (χ4v) is 2.91. The second-order valence-corrected chi connectivity index (χ2v) is 7.62. The molecule has 1 amide bonds. The Labute approximate surface area is 139 Å². The van der Waals surface area contributed by atoms with E-state index in [2.05, 4.69) is 5.32 Å². The van der Waals surface area contributed by atoms with Gasteiger partial charge >= 0.3 is 0 Å². The second kappa shape index (κ2) is 6.79. The number of nitro groups is 1. The van der Waals surface area contributed by atoms with Gasteiger partial charge < -0.3 is 5.32 Å². The Bertz CT molecular complexity index is 889. The van der Waals surface area contributed by atoms with E-state index in [9.17, 15) is 23.3 Å². The third kappa shape index (κ3) is 4.63. The van der Waals surface area contributed by atoms with Crippen LogP contribution in [-0.4, -0.2) is 25.5 Å². The van der Waals surface area contributed by atoms with Gasteiger partial charge in [0.05, 0.1) is 16.4 Å². The van der Waals surface area contributed by atoms with Crippen molar-refractivity contribution in [1.29, 1.82) is 0 Å². The van der Waals surface area contributed by atoms with Gasteiger partial charge in [0.15, 0.2) is 9.84 Å². The molecule has 0 aliphatic rings. The third-order valence-corrected chi connectivity index (χ3v) is 4.18. The van der Waals surface area contributed by atoms with Crippen LogP contribution in [0.4, 0.5) is 11.4 Å². The molecular weight excluding hydrogens is 332 g/mol. The zero-order chi connectivity index (χ0) is 17.9. The molecule has 0 unspecified atom stereocenters. The lowest BCUT2D eigenvalue weighted by atomic mass is 10.1. The molecule has 0 aliphatic carbocycles. The number of anilines is 1. The molecule has 0 bridgehead atoms. The minimum absolute atomic E-state index is 0.0983. The zero-order valence-electron chi connectivity index (χ0n) is 13.1. The summed E-state index contributed by atoms with van der Waals surface area (Å²) in [5, 5.41) is 13.4. The van der Waals surface area contributed by atoms with Gasteiger partial charge in [0.2, 0.25) is 0 Å². The van der Waals surface area contributed by atoms with Gasteiger partial charge in [-0.3, -0.25) is 14.9 Å². The van der Waals surface area contributed by atoms with Gasteiger partial charge in [-0.25, -0.2) is 8.42 Å². The molecule has 2 aromatic rings. The van der Waals surface area contributed by atoms with Gasteiger partial charge in [0, 0.05) is 24.0 Å². The number of hydrogen-bond acceptors (Lipinski definition) is 5. The first-order valence-electron chi connectivity index (χ1n) is 6.99. The zero-order valence-corrected chi connectivity index (χ0v) is 14.0. The molecule has 0 fully saturated rings. The molecule has 0 aromatic heterocycles. The average molecular weight is 348 g/mol. The highest BCUT2D eigenvalue weighted by molar-refractivity contribution is 7.89. The van der Waals surface area contributed by atoms with E-state index in [4.69, 9.17) is 0 Å². The van der Waals surface area contributed by atoms with E-state index in [1.165, 1.54) is 24.3 Å². The highest BCUT2D eigenvalue weighted by atomic mass is 32.2. The van der Waals surface area contributed by atoms with Crippen LogP contribution in [0.2, 0.25) is 0 Å². The lowest BCUT2D eigenvalue weighted by Crippen LogP contribution is -2.13. The Hall–Kier alpha value is -2.74. The van der Waals surface area contributed by atoms with Crippen molar-refractivity contribution in [2.45, 2.75) is 12.7 Å². The first-order chi connectivity index (χ1) is 11.2. The minimum atomic E-state index is -3.14. The summed E-state index contributed by atoms with van der Waals surface area (Å²) in [6, 6.07) is 10.4. The van der Waals surface area contributed by atoms with Crippen LogP contribution in [0.5, 0.6) is 0 Å². The number of non-ortho nitro benzene ring substituents is 1. The van der Waals surface area contributed by atoms with E-state index < -0.39 is 20.7 Å². The summed E-state index contributed by atoms with van der Waals surface area (Å²) in [7, 11) is -3.14. The fraction of sp³-hybridized carbons (Fsp3) is 0.188. The molecule has 24 heavy (non-hydrogen) atoms. The molecule has 0 aliphatic heterocycles. The molecule has 2 rings (SSSR count). The summed E-state index contributed by atoms with van der Waals surface area (Å²) in [6.45, 7) is 1.73. The lowest BCUT2D eigenvalue weighted by molar-refractivity contribution is -0.384. The van der Waals surface area contributed by atoms with Crippen LogP contribution < -0.4 is 5.32 Å². The van der Waals surface area contributed by atoms with Crippen molar-refractivity contribution >= 4 is 27.1 Å². The van der Waals surface area contributed by atoms with Crippen molar-refractivity contribution < 1.29 is 18.1 Å². The number of hydrogen-bond donors (Lipinski definition) is 1. The largest absolute Gasteiger partial charge is 0.321 e. The van der Waals surface area contributed by atoms with Crippen LogP contribution in [0.25, 0.3) is 0 Å². The maximum absolute atomic E-state index is 12.2. The van der Waals surface area contributed by atoms with Gasteiger partial charge in [-0.15, -0.1) is 0 Å². The molecule has 0 saturated heterocycles. The molecule has 0 atom stereocenters. The van der Waals surface area contributed by atoms with Crippen LogP contribution in [0.3, 0.4) is 0 Å². The number of benzene rings is 2. The molecule has 126 valence electrons. The topological polar surface area (TPSA) is 106 Å². The Morgan fingerprint density at radius 2 is 1.79 bits per heavy atom. The third-order valence-electron chi connectivity index (χ3n) is 3.33. The predicted molar refractivity (Wildman–Crippen MR) is 90.8 cm³/mol. The molecule has 2 aromatic carbocycles. The lowest BCUT2D eigenvalue weighted by Gasteiger charge is -2.09. The highest BCUT2D eigenvalue weighted by Gasteiger charge is 2.13. The molecule has 7 nitrogen and oxygen atoms in total. The molecule has 0 spiro atoms. The molecule has 0 radical (unpaired) electrons. The Balaban J connectivity index is 2.18. The number of carbonyl (C=O) groups excluding carboxylic acids is 1. The number of nitro benzene ring substituents is 1. The summed E-state index contributed by atoms with van der Waals surface area (Å²) >= 11 is 0. The van der Waals surface area contributed by atoms with E-state index >= 15 is 0 Å². The molecular formula is C16H16N2O5S. The maximum Gasteiger partial charge on any atom is 0.271 e. The number of nitrogens with zero attached hydrogens (tertiary/aromatic N) is 1. The predicted octanol–water partition coefficient (Wildman–Crippen LogP) is 2.70. The Morgan fingerprint density at radius 1 is 1.17 bits per heavy atom. The summed E-state index contributed by atoms with van der Waals surface area (Å²) in [5.41, 5.74) is 1.86. The van der Waals surface area contributed by atoms with E-state index in [0.717, 1.165) is 6.26 Å². The number of sulfone groups is 1. The SMILES string of the molecule is Cc1ccc([N+](=O)[O-])cc1NC(=O)c1ccc(CS(C)(=O)=O)cc1. The first kappa shape index (κ1) is 17.6. The molecule has 0 heterocycles. The monoisotopic (exact) mass is 348 g/mol. The van der Waals surface area contributed by atoms with E-state index in [1.54, 1.807) is 25.1 Å². The van der Waals surface area contributed by atoms with Crippen molar-refractivity contribution in [1.82, 2.24) is 0 Å².